The average molecular weight is 404 g/mol. The molecule has 1 unspecified atom stereocenters. The monoisotopic (exact) mass is 403 g/mol. The summed E-state index contributed by atoms with van der Waals surface area (Å²) in [5, 5.41) is 9.97. The average Bonchev–Trinajstić information content (AvgIpc) is 3.02. The van der Waals surface area contributed by atoms with Crippen molar-refractivity contribution in [3.8, 4) is 11.1 Å². The van der Waals surface area contributed by atoms with Crippen molar-refractivity contribution >= 4 is 22.6 Å². The molecule has 0 saturated heterocycles. The molecule has 144 valence electrons. The van der Waals surface area contributed by atoms with E-state index >= 15 is 0 Å². The number of alkyl halides is 3. The van der Waals surface area contributed by atoms with E-state index in [0.29, 0.717) is 17.1 Å². The Hall–Kier alpha value is -2.32. The summed E-state index contributed by atoms with van der Waals surface area (Å²) in [6, 6.07) is 3.88. The second kappa shape index (κ2) is 6.69. The van der Waals surface area contributed by atoms with Crippen LogP contribution in [-0.4, -0.2) is 9.67 Å². The van der Waals surface area contributed by atoms with Crippen LogP contribution in [0.3, 0.4) is 0 Å². The predicted octanol–water partition coefficient (Wildman–Crippen LogP) is 5.05. The molecule has 0 bridgehead atoms. The first-order valence-corrected chi connectivity index (χ1v) is 8.31. The summed E-state index contributed by atoms with van der Waals surface area (Å²) in [5.41, 5.74) is -2.65. The number of hydrogen-bond donors (Lipinski definition) is 1. The summed E-state index contributed by atoms with van der Waals surface area (Å²) < 4.78 is 59.5. The molecule has 0 aliphatic heterocycles. The quantitative estimate of drug-likeness (QED) is 0.622. The van der Waals surface area contributed by atoms with E-state index in [1.165, 1.54) is 6.07 Å². The minimum atomic E-state index is -4.73. The van der Waals surface area contributed by atoms with E-state index < -0.39 is 29.4 Å². The van der Waals surface area contributed by atoms with Crippen LogP contribution < -0.4 is 5.56 Å². The Morgan fingerprint density at radius 2 is 1.96 bits per heavy atom. The summed E-state index contributed by atoms with van der Waals surface area (Å²) in [5.74, 6) is -0.771. The number of fused-ring (bicyclic) bond motifs is 1. The number of pyridine rings is 1. The molecule has 4 nitrogen and oxygen atoms in total. The van der Waals surface area contributed by atoms with Gasteiger partial charge in [-0.1, -0.05) is 18.5 Å². The van der Waals surface area contributed by atoms with Gasteiger partial charge >= 0.3 is 6.18 Å². The van der Waals surface area contributed by atoms with E-state index in [4.69, 9.17) is 16.0 Å². The molecule has 0 aliphatic carbocycles. The first kappa shape index (κ1) is 19.4. The van der Waals surface area contributed by atoms with Crippen LogP contribution in [0.2, 0.25) is 5.02 Å². The van der Waals surface area contributed by atoms with Gasteiger partial charge < -0.3 is 14.1 Å². The van der Waals surface area contributed by atoms with E-state index in [2.05, 4.69) is 0 Å². The van der Waals surface area contributed by atoms with Crippen molar-refractivity contribution in [3.05, 3.63) is 56.9 Å². The molecule has 0 spiro atoms. The Morgan fingerprint density at radius 1 is 1.30 bits per heavy atom. The Labute approximate surface area is 155 Å². The zero-order valence-electron chi connectivity index (χ0n) is 14.2. The number of benzene rings is 1. The highest BCUT2D eigenvalue weighted by molar-refractivity contribution is 6.35. The fraction of sp³-hybridized carbons (Fsp3) is 0.278. The van der Waals surface area contributed by atoms with Gasteiger partial charge in [-0.3, -0.25) is 4.79 Å². The number of halogens is 5. The van der Waals surface area contributed by atoms with Crippen LogP contribution in [0, 0.1) is 5.82 Å². The molecule has 1 N–H and O–H groups in total. The van der Waals surface area contributed by atoms with Gasteiger partial charge in [0.2, 0.25) is 0 Å². The molecule has 1 atom stereocenters. The fourth-order valence-corrected chi connectivity index (χ4v) is 3.14. The number of aromatic nitrogens is 1. The molecule has 0 fully saturated rings. The molecule has 3 aromatic rings. The Bertz CT molecular complexity index is 1080. The summed E-state index contributed by atoms with van der Waals surface area (Å²) >= 11 is 5.99. The number of furan rings is 1. The van der Waals surface area contributed by atoms with Crippen LogP contribution in [0.5, 0.6) is 0 Å². The summed E-state index contributed by atoms with van der Waals surface area (Å²) in [7, 11) is 0.960. The molecule has 2 heterocycles. The minimum absolute atomic E-state index is 0.0394. The number of rotatable bonds is 3. The molecular formula is C18H14ClF4NO3. The van der Waals surface area contributed by atoms with Gasteiger partial charge in [-0.25, -0.2) is 4.39 Å². The van der Waals surface area contributed by atoms with Gasteiger partial charge in [0.15, 0.2) is 5.58 Å². The lowest BCUT2D eigenvalue weighted by Gasteiger charge is -2.13. The molecule has 1 aromatic carbocycles. The highest BCUT2D eigenvalue weighted by atomic mass is 35.5. The summed E-state index contributed by atoms with van der Waals surface area (Å²) in [4.78, 5) is 12.5. The van der Waals surface area contributed by atoms with Crippen molar-refractivity contribution in [1.29, 1.82) is 0 Å². The summed E-state index contributed by atoms with van der Waals surface area (Å²) in [6.07, 6.45) is -5.38. The van der Waals surface area contributed by atoms with Crippen molar-refractivity contribution < 1.29 is 27.1 Å². The molecule has 9 heteroatoms. The second-order valence-electron chi connectivity index (χ2n) is 6.03. The number of aliphatic hydroxyl groups excluding tert-OH is 1. The van der Waals surface area contributed by atoms with Gasteiger partial charge in [0, 0.05) is 18.0 Å². The van der Waals surface area contributed by atoms with Gasteiger partial charge in [-0.2, -0.15) is 13.2 Å². The zero-order valence-corrected chi connectivity index (χ0v) is 15.0. The van der Waals surface area contributed by atoms with Crippen molar-refractivity contribution in [3.63, 3.8) is 0 Å². The zero-order chi connectivity index (χ0) is 20.1. The highest BCUT2D eigenvalue weighted by Crippen LogP contribution is 2.39. The minimum Gasteiger partial charge on any atom is -0.457 e. The maximum absolute atomic E-state index is 14.6. The van der Waals surface area contributed by atoms with Gasteiger partial charge in [0.1, 0.15) is 23.4 Å². The lowest BCUT2D eigenvalue weighted by Crippen LogP contribution is -2.26. The first-order valence-electron chi connectivity index (χ1n) is 7.93. The lowest BCUT2D eigenvalue weighted by atomic mass is 10.0. The van der Waals surface area contributed by atoms with Crippen molar-refractivity contribution in [1.82, 2.24) is 4.57 Å². The highest BCUT2D eigenvalue weighted by Gasteiger charge is 2.34. The maximum atomic E-state index is 14.6. The molecule has 0 saturated carbocycles. The van der Waals surface area contributed by atoms with Crippen LogP contribution in [-0.2, 0) is 13.2 Å². The van der Waals surface area contributed by atoms with E-state index in [1.807, 2.05) is 0 Å². The van der Waals surface area contributed by atoms with Crippen LogP contribution in [0.1, 0.15) is 30.9 Å². The Balaban J connectivity index is 2.34. The van der Waals surface area contributed by atoms with E-state index in [0.717, 1.165) is 19.2 Å². The Morgan fingerprint density at radius 3 is 2.56 bits per heavy atom. The molecule has 0 amide bonds. The van der Waals surface area contributed by atoms with Gasteiger partial charge in [-0.05, 0) is 30.7 Å². The summed E-state index contributed by atoms with van der Waals surface area (Å²) in [6.45, 7) is 1.70. The molecule has 27 heavy (non-hydrogen) atoms. The van der Waals surface area contributed by atoms with Gasteiger partial charge in [-0.15, -0.1) is 0 Å². The van der Waals surface area contributed by atoms with Gasteiger partial charge in [0.25, 0.3) is 5.56 Å². The normalized spacial score (nSPS) is 13.3. The molecule has 0 aliphatic rings. The SMILES string of the molecule is CCC(O)c1cc2c(-c3ccc(C(F)(F)F)n(C)c3=O)c(F)cc(Cl)c2o1. The number of aliphatic hydroxyl groups is 1. The maximum Gasteiger partial charge on any atom is 0.431 e. The first-order chi connectivity index (χ1) is 12.6. The van der Waals surface area contributed by atoms with Crippen molar-refractivity contribution in [2.75, 3.05) is 0 Å². The van der Waals surface area contributed by atoms with Crippen LogP contribution in [0.4, 0.5) is 17.6 Å². The predicted molar refractivity (Wildman–Crippen MR) is 92.1 cm³/mol. The molecule has 2 aromatic heterocycles. The van der Waals surface area contributed by atoms with E-state index in [1.54, 1.807) is 6.92 Å². The van der Waals surface area contributed by atoms with E-state index in [-0.39, 0.29) is 32.9 Å². The second-order valence-corrected chi connectivity index (χ2v) is 6.43. The molecule has 0 radical (unpaired) electrons. The van der Waals surface area contributed by atoms with Crippen LogP contribution >= 0.6 is 11.6 Å². The van der Waals surface area contributed by atoms with Crippen LogP contribution in [0.25, 0.3) is 22.1 Å². The largest absolute Gasteiger partial charge is 0.457 e. The topological polar surface area (TPSA) is 55.4 Å². The third kappa shape index (κ3) is 3.23. The van der Waals surface area contributed by atoms with Gasteiger partial charge in [0.05, 0.1) is 10.6 Å². The third-order valence-corrected chi connectivity index (χ3v) is 4.59. The van der Waals surface area contributed by atoms with Crippen molar-refractivity contribution in [2.24, 2.45) is 7.05 Å². The van der Waals surface area contributed by atoms with Crippen LogP contribution in [0.15, 0.2) is 33.5 Å². The van der Waals surface area contributed by atoms with Crippen molar-refractivity contribution in [2.45, 2.75) is 25.6 Å². The molecule has 3 rings (SSSR count). The van der Waals surface area contributed by atoms with E-state index in [9.17, 15) is 27.5 Å². The third-order valence-electron chi connectivity index (χ3n) is 4.31. The Kier molecular flexibility index (Phi) is 4.81. The standard InChI is InChI=1S/C18H14ClF4NO3/c1-3-12(25)13-6-9-15(11(20)7-10(19)16(9)27-13)8-4-5-14(18(21,22)23)24(2)17(8)26/h4-7,12,25H,3H2,1-2H3. The fourth-order valence-electron chi connectivity index (χ4n) is 2.90. The smallest absolute Gasteiger partial charge is 0.431 e. The number of hydrogen-bond acceptors (Lipinski definition) is 3. The lowest BCUT2D eigenvalue weighted by molar-refractivity contribution is -0.143. The number of nitrogens with zero attached hydrogens (tertiary/aromatic N) is 1. The molecular weight excluding hydrogens is 390 g/mol.